The van der Waals surface area contributed by atoms with E-state index in [0.717, 1.165) is 29.0 Å². The molecule has 0 unspecified atom stereocenters. The Kier molecular flexibility index (Phi) is 6.24. The van der Waals surface area contributed by atoms with Crippen LogP contribution in [0.2, 0.25) is 0 Å². The highest BCUT2D eigenvalue weighted by Gasteiger charge is 2.26. The third kappa shape index (κ3) is 4.67. The number of hydrogen-bond donors (Lipinski definition) is 1. The highest BCUT2D eigenvalue weighted by Crippen LogP contribution is 2.39. The second-order valence-corrected chi connectivity index (χ2v) is 7.96. The zero-order valence-electron chi connectivity index (χ0n) is 16.3. The number of benzene rings is 2. The van der Waals surface area contributed by atoms with Crippen LogP contribution >= 0.6 is 11.8 Å². The normalized spacial score (nSPS) is 14.9. The molecule has 0 amide bonds. The van der Waals surface area contributed by atoms with Crippen molar-refractivity contribution in [3.63, 3.8) is 0 Å². The molecule has 1 N–H and O–H groups in total. The number of anilines is 1. The first-order chi connectivity index (χ1) is 14.2. The summed E-state index contributed by atoms with van der Waals surface area (Å²) in [7, 11) is 0. The topological polar surface area (TPSA) is 59.9 Å². The molecule has 7 heteroatoms. The number of rotatable bonds is 7. The molecule has 29 heavy (non-hydrogen) atoms. The van der Waals surface area contributed by atoms with Crippen LogP contribution in [0.5, 0.6) is 5.88 Å². The maximum atomic E-state index is 13.4. The van der Waals surface area contributed by atoms with E-state index in [1.54, 1.807) is 23.9 Å². The first kappa shape index (κ1) is 19.6. The highest BCUT2D eigenvalue weighted by molar-refractivity contribution is 7.99. The van der Waals surface area contributed by atoms with Crippen molar-refractivity contribution in [2.45, 2.75) is 44.0 Å². The first-order valence-corrected chi connectivity index (χ1v) is 10.9. The zero-order valence-corrected chi connectivity index (χ0v) is 17.1. The average molecular weight is 411 g/mol. The van der Waals surface area contributed by atoms with Gasteiger partial charge in [0.05, 0.1) is 0 Å². The molecule has 1 aliphatic heterocycles. The van der Waals surface area contributed by atoms with Gasteiger partial charge in [-0.05, 0) is 24.6 Å². The van der Waals surface area contributed by atoms with E-state index >= 15 is 0 Å². The standard InChI is InChI=1S/C22H23FN4OS/c1-2-3-4-7-14-29-22-25-21-19(26-27-22)17-8-5-6-9-18(17)24-20(28-21)15-10-12-16(23)13-11-15/h5-6,8-13,20,24H,2-4,7,14H2,1H3/t20-/m1/s1. The molecule has 0 fully saturated rings. The predicted octanol–water partition coefficient (Wildman–Crippen LogP) is 5.85. The number of nitrogens with zero attached hydrogens (tertiary/aromatic N) is 3. The van der Waals surface area contributed by atoms with E-state index in [9.17, 15) is 4.39 Å². The van der Waals surface area contributed by atoms with Crippen LogP contribution < -0.4 is 10.1 Å². The fraction of sp³-hybridized carbons (Fsp3) is 0.318. The number of nitrogens with one attached hydrogen (secondary N) is 1. The third-order valence-electron chi connectivity index (χ3n) is 4.74. The monoisotopic (exact) mass is 410 g/mol. The maximum Gasteiger partial charge on any atom is 0.247 e. The largest absolute Gasteiger partial charge is 0.448 e. The number of unbranched alkanes of at least 4 members (excludes halogenated alkanes) is 3. The van der Waals surface area contributed by atoms with E-state index in [1.807, 2.05) is 24.3 Å². The average Bonchev–Trinajstić information content (AvgIpc) is 2.90. The van der Waals surface area contributed by atoms with Gasteiger partial charge < -0.3 is 10.1 Å². The number of fused-ring (bicyclic) bond motifs is 3. The lowest BCUT2D eigenvalue weighted by atomic mass is 10.1. The molecule has 0 spiro atoms. The fourth-order valence-electron chi connectivity index (χ4n) is 3.19. The van der Waals surface area contributed by atoms with Gasteiger partial charge in [-0.25, -0.2) is 4.39 Å². The Bertz CT molecular complexity index is 967. The lowest BCUT2D eigenvalue weighted by molar-refractivity contribution is 0.225. The Morgan fingerprint density at radius 3 is 2.69 bits per heavy atom. The molecular formula is C22H23FN4OS. The van der Waals surface area contributed by atoms with E-state index < -0.39 is 6.23 Å². The Morgan fingerprint density at radius 2 is 1.86 bits per heavy atom. The van der Waals surface area contributed by atoms with E-state index in [0.29, 0.717) is 16.7 Å². The van der Waals surface area contributed by atoms with E-state index in [2.05, 4.69) is 27.4 Å². The second kappa shape index (κ2) is 9.22. The predicted molar refractivity (Wildman–Crippen MR) is 114 cm³/mol. The number of aromatic nitrogens is 3. The van der Waals surface area contributed by atoms with E-state index in [4.69, 9.17) is 4.74 Å². The van der Waals surface area contributed by atoms with E-state index in [1.165, 1.54) is 31.4 Å². The summed E-state index contributed by atoms with van der Waals surface area (Å²) < 4.78 is 19.6. The molecule has 1 aliphatic rings. The summed E-state index contributed by atoms with van der Waals surface area (Å²) in [5.41, 5.74) is 3.16. The van der Waals surface area contributed by atoms with Crippen molar-refractivity contribution in [2.24, 2.45) is 0 Å². The number of para-hydroxylation sites is 1. The summed E-state index contributed by atoms with van der Waals surface area (Å²) in [6.45, 7) is 2.20. The van der Waals surface area contributed by atoms with Crippen molar-refractivity contribution in [3.05, 3.63) is 59.9 Å². The summed E-state index contributed by atoms with van der Waals surface area (Å²) in [6, 6.07) is 14.1. The van der Waals surface area contributed by atoms with Gasteiger partial charge in [0.25, 0.3) is 0 Å². The van der Waals surface area contributed by atoms with Gasteiger partial charge in [-0.15, -0.1) is 10.2 Å². The van der Waals surface area contributed by atoms with Crippen LogP contribution in [0.25, 0.3) is 11.3 Å². The molecule has 0 aliphatic carbocycles. The first-order valence-electron chi connectivity index (χ1n) is 9.90. The molecule has 0 saturated heterocycles. The van der Waals surface area contributed by atoms with Gasteiger partial charge in [0, 0.05) is 22.6 Å². The lowest BCUT2D eigenvalue weighted by Gasteiger charge is -2.19. The van der Waals surface area contributed by atoms with Gasteiger partial charge in [-0.3, -0.25) is 0 Å². The van der Waals surface area contributed by atoms with Crippen molar-refractivity contribution in [1.82, 2.24) is 15.2 Å². The van der Waals surface area contributed by atoms with Gasteiger partial charge >= 0.3 is 0 Å². The molecule has 0 bridgehead atoms. The Morgan fingerprint density at radius 1 is 1.03 bits per heavy atom. The summed E-state index contributed by atoms with van der Waals surface area (Å²) in [6.07, 6.45) is 4.30. The van der Waals surface area contributed by atoms with E-state index in [-0.39, 0.29) is 5.82 Å². The minimum absolute atomic E-state index is 0.283. The van der Waals surface area contributed by atoms with Crippen LogP contribution in [0.1, 0.15) is 44.4 Å². The minimum atomic E-state index is -0.503. The summed E-state index contributed by atoms with van der Waals surface area (Å²) in [4.78, 5) is 4.64. The SMILES string of the molecule is CCCCCCSc1nnc2c(n1)O[C@H](c1ccc(F)cc1)Nc1ccccc1-2. The molecule has 1 aromatic heterocycles. The summed E-state index contributed by atoms with van der Waals surface area (Å²) in [5.74, 6) is 1.10. The highest BCUT2D eigenvalue weighted by atomic mass is 32.2. The number of thioether (sulfide) groups is 1. The fourth-order valence-corrected chi connectivity index (χ4v) is 3.97. The van der Waals surface area contributed by atoms with Gasteiger partial charge in [0.1, 0.15) is 5.82 Å². The molecule has 150 valence electrons. The molecule has 4 rings (SSSR count). The van der Waals surface area contributed by atoms with Crippen molar-refractivity contribution in [1.29, 1.82) is 0 Å². The molecule has 2 heterocycles. The molecule has 0 saturated carbocycles. The van der Waals surface area contributed by atoms with Crippen molar-refractivity contribution < 1.29 is 9.13 Å². The molecular weight excluding hydrogens is 387 g/mol. The summed E-state index contributed by atoms with van der Waals surface area (Å²) >= 11 is 1.60. The Balaban J connectivity index is 1.62. The molecule has 0 radical (unpaired) electrons. The quantitative estimate of drug-likeness (QED) is 0.389. The Labute approximate surface area is 174 Å². The van der Waals surface area contributed by atoms with Crippen molar-refractivity contribution in [3.8, 4) is 17.1 Å². The van der Waals surface area contributed by atoms with Gasteiger partial charge in [-0.1, -0.05) is 68.3 Å². The molecule has 1 atom stereocenters. The van der Waals surface area contributed by atoms with Gasteiger partial charge in [0.2, 0.25) is 11.0 Å². The maximum absolute atomic E-state index is 13.4. The molecule has 5 nitrogen and oxygen atoms in total. The van der Waals surface area contributed by atoms with Crippen LogP contribution in [0.4, 0.5) is 10.1 Å². The third-order valence-corrected chi connectivity index (χ3v) is 5.66. The molecule has 2 aromatic carbocycles. The molecule has 3 aromatic rings. The Hall–Kier alpha value is -2.67. The lowest BCUT2D eigenvalue weighted by Crippen LogP contribution is -2.17. The van der Waals surface area contributed by atoms with Crippen LogP contribution in [0.3, 0.4) is 0 Å². The summed E-state index contributed by atoms with van der Waals surface area (Å²) in [5, 5.41) is 12.7. The second-order valence-electron chi connectivity index (χ2n) is 6.90. The van der Waals surface area contributed by atoms with Crippen LogP contribution in [-0.4, -0.2) is 20.9 Å². The number of ether oxygens (including phenoxy) is 1. The van der Waals surface area contributed by atoms with Gasteiger partial charge in [-0.2, -0.15) is 4.98 Å². The van der Waals surface area contributed by atoms with Crippen LogP contribution in [0.15, 0.2) is 53.7 Å². The zero-order chi connectivity index (χ0) is 20.1. The van der Waals surface area contributed by atoms with Crippen molar-refractivity contribution in [2.75, 3.05) is 11.1 Å². The minimum Gasteiger partial charge on any atom is -0.448 e. The number of hydrogen-bond acceptors (Lipinski definition) is 6. The van der Waals surface area contributed by atoms with Crippen LogP contribution in [-0.2, 0) is 0 Å². The smallest absolute Gasteiger partial charge is 0.247 e. The van der Waals surface area contributed by atoms with Gasteiger partial charge in [0.15, 0.2) is 11.9 Å². The van der Waals surface area contributed by atoms with Crippen molar-refractivity contribution >= 4 is 17.4 Å². The van der Waals surface area contributed by atoms with Crippen LogP contribution in [0, 0.1) is 5.82 Å². The number of halogens is 1.